The topological polar surface area (TPSA) is 58.6 Å². The fraction of sp³-hybridized carbons (Fsp3) is 0.938. The van der Waals surface area contributed by atoms with Gasteiger partial charge in [-0.2, -0.15) is 0 Å². The second kappa shape index (κ2) is 14.8. The highest BCUT2D eigenvalue weighted by Crippen LogP contribution is 2.10. The van der Waals surface area contributed by atoms with Crippen molar-refractivity contribution >= 4 is 5.91 Å². The Morgan fingerprint density at radius 2 is 1.60 bits per heavy atom. The molecule has 0 aliphatic rings. The molecule has 4 heteroatoms. The third-order valence-corrected chi connectivity index (χ3v) is 3.40. The Kier molecular flexibility index (Phi) is 14.3. The van der Waals surface area contributed by atoms with Crippen LogP contribution in [0.25, 0.3) is 0 Å². The minimum absolute atomic E-state index is 0.0306. The van der Waals surface area contributed by atoms with Gasteiger partial charge in [-0.15, -0.1) is 0 Å². The summed E-state index contributed by atoms with van der Waals surface area (Å²) in [7, 11) is 1.54. The summed E-state index contributed by atoms with van der Waals surface area (Å²) in [6, 6.07) is 0. The summed E-state index contributed by atoms with van der Waals surface area (Å²) in [5, 5.41) is 12.1. The van der Waals surface area contributed by atoms with Gasteiger partial charge in [-0.05, 0) is 6.42 Å². The molecule has 0 aromatic rings. The van der Waals surface area contributed by atoms with Gasteiger partial charge >= 0.3 is 0 Å². The van der Waals surface area contributed by atoms with Crippen molar-refractivity contribution in [3.8, 4) is 0 Å². The van der Waals surface area contributed by atoms with Crippen molar-refractivity contribution in [2.24, 2.45) is 0 Å². The Balaban J connectivity index is 3.23. The summed E-state index contributed by atoms with van der Waals surface area (Å²) < 4.78 is 4.80. The number of aliphatic hydroxyl groups is 1. The molecule has 0 heterocycles. The molecule has 0 spiro atoms. The molecule has 1 atom stereocenters. The van der Waals surface area contributed by atoms with Crippen LogP contribution in [0.1, 0.15) is 71.1 Å². The number of carbonyl (C=O) groups is 1. The Bertz CT molecular complexity index is 222. The van der Waals surface area contributed by atoms with Crippen LogP contribution in [-0.4, -0.2) is 37.4 Å². The molecule has 0 saturated heterocycles. The standard InChI is InChI=1S/C16H33NO3/c1-3-4-5-6-7-8-9-10-11-12-16(19)17-13-15(18)14-20-2/h15,18H,3-14H2,1-2H3,(H,17,19). The lowest BCUT2D eigenvalue weighted by molar-refractivity contribution is -0.121. The first-order chi connectivity index (χ1) is 9.70. The summed E-state index contributed by atoms with van der Waals surface area (Å²) in [5.74, 6) is 0.0306. The minimum Gasteiger partial charge on any atom is -0.389 e. The highest BCUT2D eigenvalue weighted by molar-refractivity contribution is 5.75. The van der Waals surface area contributed by atoms with E-state index in [9.17, 15) is 9.90 Å². The molecule has 2 N–H and O–H groups in total. The van der Waals surface area contributed by atoms with Crippen molar-refractivity contribution in [1.82, 2.24) is 5.32 Å². The number of nitrogens with one attached hydrogen (secondary N) is 1. The molecule has 1 amide bonds. The zero-order chi connectivity index (χ0) is 15.1. The number of carbonyl (C=O) groups excluding carboxylic acids is 1. The molecule has 0 aromatic carbocycles. The normalized spacial score (nSPS) is 12.3. The highest BCUT2D eigenvalue weighted by atomic mass is 16.5. The van der Waals surface area contributed by atoms with Crippen LogP contribution in [0.4, 0.5) is 0 Å². The first kappa shape index (κ1) is 19.4. The summed E-state index contributed by atoms with van der Waals surface area (Å²) >= 11 is 0. The van der Waals surface area contributed by atoms with E-state index in [0.29, 0.717) is 6.42 Å². The van der Waals surface area contributed by atoms with E-state index >= 15 is 0 Å². The van der Waals surface area contributed by atoms with Crippen LogP contribution >= 0.6 is 0 Å². The molecule has 0 radical (unpaired) electrons. The Hall–Kier alpha value is -0.610. The number of hydrogen-bond acceptors (Lipinski definition) is 3. The zero-order valence-corrected chi connectivity index (χ0v) is 13.3. The van der Waals surface area contributed by atoms with Crippen molar-refractivity contribution in [2.45, 2.75) is 77.2 Å². The van der Waals surface area contributed by atoms with E-state index in [-0.39, 0.29) is 19.1 Å². The maximum absolute atomic E-state index is 11.5. The van der Waals surface area contributed by atoms with Crippen LogP contribution in [0.5, 0.6) is 0 Å². The van der Waals surface area contributed by atoms with E-state index in [1.54, 1.807) is 0 Å². The van der Waals surface area contributed by atoms with Crippen LogP contribution in [-0.2, 0) is 9.53 Å². The smallest absolute Gasteiger partial charge is 0.220 e. The average molecular weight is 287 g/mol. The van der Waals surface area contributed by atoms with Gasteiger partial charge in [-0.3, -0.25) is 4.79 Å². The molecule has 1 unspecified atom stereocenters. The van der Waals surface area contributed by atoms with Crippen LogP contribution in [0, 0.1) is 0 Å². The summed E-state index contributed by atoms with van der Waals surface area (Å²) in [4.78, 5) is 11.5. The maximum Gasteiger partial charge on any atom is 0.220 e. The number of unbranched alkanes of at least 4 members (excludes halogenated alkanes) is 8. The lowest BCUT2D eigenvalue weighted by atomic mass is 10.1. The Morgan fingerprint density at radius 3 is 2.15 bits per heavy atom. The number of methoxy groups -OCH3 is 1. The number of hydrogen-bond donors (Lipinski definition) is 2. The third kappa shape index (κ3) is 13.8. The van der Waals surface area contributed by atoms with Crippen molar-refractivity contribution in [3.05, 3.63) is 0 Å². The fourth-order valence-electron chi connectivity index (χ4n) is 2.17. The van der Waals surface area contributed by atoms with Crippen LogP contribution in [0.2, 0.25) is 0 Å². The number of amides is 1. The van der Waals surface area contributed by atoms with E-state index in [2.05, 4.69) is 12.2 Å². The second-order valence-electron chi connectivity index (χ2n) is 5.49. The van der Waals surface area contributed by atoms with Gasteiger partial charge < -0.3 is 15.2 Å². The van der Waals surface area contributed by atoms with Gasteiger partial charge in [0.1, 0.15) is 0 Å². The molecule has 0 fully saturated rings. The van der Waals surface area contributed by atoms with Crippen LogP contribution < -0.4 is 5.32 Å². The number of aliphatic hydroxyl groups excluding tert-OH is 1. The first-order valence-corrected chi connectivity index (χ1v) is 8.14. The Labute approximate surface area is 124 Å². The van der Waals surface area contributed by atoms with E-state index < -0.39 is 6.10 Å². The number of rotatable bonds is 14. The maximum atomic E-state index is 11.5. The minimum atomic E-state index is -0.605. The molecular formula is C16H33NO3. The van der Waals surface area contributed by atoms with Gasteiger partial charge in [0.25, 0.3) is 0 Å². The lowest BCUT2D eigenvalue weighted by Gasteiger charge is -2.10. The summed E-state index contributed by atoms with van der Waals surface area (Å²) in [6.07, 6.45) is 11.3. The molecule has 0 bridgehead atoms. The van der Waals surface area contributed by atoms with Crippen LogP contribution in [0.15, 0.2) is 0 Å². The van der Waals surface area contributed by atoms with E-state index in [1.165, 1.54) is 52.1 Å². The monoisotopic (exact) mass is 287 g/mol. The van der Waals surface area contributed by atoms with Gasteiger partial charge in [0.05, 0.1) is 12.7 Å². The molecular weight excluding hydrogens is 254 g/mol. The second-order valence-corrected chi connectivity index (χ2v) is 5.49. The molecule has 0 aliphatic carbocycles. The predicted octanol–water partition coefficient (Wildman–Crippen LogP) is 3.03. The molecule has 0 rings (SSSR count). The fourth-order valence-corrected chi connectivity index (χ4v) is 2.17. The van der Waals surface area contributed by atoms with Crippen molar-refractivity contribution in [3.63, 3.8) is 0 Å². The molecule has 0 saturated carbocycles. The quantitative estimate of drug-likeness (QED) is 0.483. The Morgan fingerprint density at radius 1 is 1.05 bits per heavy atom. The van der Waals surface area contributed by atoms with Gasteiger partial charge in [-0.1, -0.05) is 58.3 Å². The molecule has 4 nitrogen and oxygen atoms in total. The lowest BCUT2D eigenvalue weighted by Crippen LogP contribution is -2.34. The zero-order valence-electron chi connectivity index (χ0n) is 13.3. The SMILES string of the molecule is CCCCCCCCCCCC(=O)NCC(O)COC. The molecule has 0 aliphatic heterocycles. The van der Waals surface area contributed by atoms with Gasteiger partial charge in [-0.25, -0.2) is 0 Å². The molecule has 20 heavy (non-hydrogen) atoms. The van der Waals surface area contributed by atoms with E-state index in [0.717, 1.165) is 12.8 Å². The average Bonchev–Trinajstić information content (AvgIpc) is 2.43. The van der Waals surface area contributed by atoms with Crippen LogP contribution in [0.3, 0.4) is 0 Å². The summed E-state index contributed by atoms with van der Waals surface area (Å²) in [6.45, 7) is 2.78. The summed E-state index contributed by atoms with van der Waals surface area (Å²) in [5.41, 5.74) is 0. The highest BCUT2D eigenvalue weighted by Gasteiger charge is 2.06. The largest absolute Gasteiger partial charge is 0.389 e. The molecule has 0 aromatic heterocycles. The van der Waals surface area contributed by atoms with Crippen molar-refractivity contribution in [2.75, 3.05) is 20.3 Å². The van der Waals surface area contributed by atoms with E-state index in [4.69, 9.17) is 4.74 Å². The third-order valence-electron chi connectivity index (χ3n) is 3.40. The van der Waals surface area contributed by atoms with Crippen molar-refractivity contribution in [1.29, 1.82) is 0 Å². The predicted molar refractivity (Wildman–Crippen MR) is 82.7 cm³/mol. The molecule has 120 valence electrons. The van der Waals surface area contributed by atoms with Crippen molar-refractivity contribution < 1.29 is 14.6 Å². The van der Waals surface area contributed by atoms with E-state index in [1.807, 2.05) is 0 Å². The van der Waals surface area contributed by atoms with Gasteiger partial charge in [0.15, 0.2) is 0 Å². The number of ether oxygens (including phenoxy) is 1. The van der Waals surface area contributed by atoms with Gasteiger partial charge in [0, 0.05) is 20.1 Å². The first-order valence-electron chi connectivity index (χ1n) is 8.14. The van der Waals surface area contributed by atoms with Gasteiger partial charge in [0.2, 0.25) is 5.91 Å².